The van der Waals surface area contributed by atoms with Crippen LogP contribution in [0.15, 0.2) is 35.3 Å². The number of rotatable bonds is 9. The Bertz CT molecular complexity index is 857. The fourth-order valence-corrected chi connectivity index (χ4v) is 4.54. The van der Waals surface area contributed by atoms with Crippen molar-refractivity contribution < 1.29 is 14.4 Å². The minimum Gasteiger partial charge on any atom is -0.370 e. The van der Waals surface area contributed by atoms with Crippen molar-refractivity contribution in [3.8, 4) is 0 Å². The van der Waals surface area contributed by atoms with Crippen LogP contribution in [0.25, 0.3) is 0 Å². The van der Waals surface area contributed by atoms with E-state index < -0.39 is 18.1 Å². The number of aliphatic imine (C=N–C) groups is 1. The number of nitrogens with two attached hydrogens (primary N) is 3. The first-order chi connectivity index (χ1) is 15.9. The van der Waals surface area contributed by atoms with Gasteiger partial charge in [-0.25, -0.2) is 0 Å². The van der Waals surface area contributed by atoms with Gasteiger partial charge in [-0.15, -0.1) is 0 Å². The smallest absolute Gasteiger partial charge is 0.246 e. The van der Waals surface area contributed by atoms with E-state index in [-0.39, 0.29) is 23.7 Å². The van der Waals surface area contributed by atoms with Crippen molar-refractivity contribution in [3.63, 3.8) is 0 Å². The number of hydrogen-bond acceptors (Lipinski definition) is 5. The SMILES string of the molecule is NC(N)=NCCC[C@H](N)C(=O)N1CCC[C@H]1C(=O)N1CCC[C@H]1C(=O)NCc1ccccc1. The molecule has 3 rings (SSSR count). The van der Waals surface area contributed by atoms with Gasteiger partial charge in [-0.3, -0.25) is 19.4 Å². The second kappa shape index (κ2) is 11.6. The van der Waals surface area contributed by atoms with Gasteiger partial charge in [0.15, 0.2) is 5.96 Å². The predicted octanol–water partition coefficient (Wildman–Crippen LogP) is -0.334. The summed E-state index contributed by atoms with van der Waals surface area (Å²) in [5.74, 6) is -0.546. The van der Waals surface area contributed by atoms with Crippen molar-refractivity contribution in [3.05, 3.63) is 35.9 Å². The molecular formula is C23H35N7O3. The monoisotopic (exact) mass is 457 g/mol. The summed E-state index contributed by atoms with van der Waals surface area (Å²) in [6.07, 6.45) is 3.72. The number of nitrogens with one attached hydrogen (secondary N) is 1. The summed E-state index contributed by atoms with van der Waals surface area (Å²) < 4.78 is 0. The lowest BCUT2D eigenvalue weighted by molar-refractivity contribution is -0.147. The molecule has 10 nitrogen and oxygen atoms in total. The lowest BCUT2D eigenvalue weighted by atomic mass is 10.1. The fourth-order valence-electron chi connectivity index (χ4n) is 4.54. The van der Waals surface area contributed by atoms with Crippen molar-refractivity contribution in [2.75, 3.05) is 19.6 Å². The molecule has 2 heterocycles. The van der Waals surface area contributed by atoms with Crippen molar-refractivity contribution in [2.45, 2.75) is 63.2 Å². The van der Waals surface area contributed by atoms with Gasteiger partial charge >= 0.3 is 0 Å². The summed E-state index contributed by atoms with van der Waals surface area (Å²) in [4.78, 5) is 46.3. The van der Waals surface area contributed by atoms with E-state index >= 15 is 0 Å². The maximum atomic E-state index is 13.4. The molecular weight excluding hydrogens is 422 g/mol. The van der Waals surface area contributed by atoms with Gasteiger partial charge < -0.3 is 32.3 Å². The van der Waals surface area contributed by atoms with E-state index in [0.717, 1.165) is 18.4 Å². The van der Waals surface area contributed by atoms with Gasteiger partial charge in [0.2, 0.25) is 17.7 Å². The molecule has 2 aliphatic heterocycles. The average molecular weight is 458 g/mol. The standard InChI is InChI=1S/C23H35N7O3/c24-17(9-4-12-27-23(25)26)21(32)30-14-6-11-19(30)22(33)29-13-5-10-18(29)20(31)28-15-16-7-2-1-3-8-16/h1-3,7-8,17-19H,4-6,9-15,24H2,(H,28,31)(H4,25,26,27)/t17-,18-,19-/m0/s1. The molecule has 10 heteroatoms. The topological polar surface area (TPSA) is 160 Å². The lowest BCUT2D eigenvalue weighted by Crippen LogP contribution is -2.55. The molecule has 0 aliphatic carbocycles. The highest BCUT2D eigenvalue weighted by molar-refractivity contribution is 5.93. The zero-order valence-electron chi connectivity index (χ0n) is 19.0. The van der Waals surface area contributed by atoms with Crippen LogP contribution in [-0.4, -0.2) is 71.2 Å². The lowest BCUT2D eigenvalue weighted by Gasteiger charge is -2.32. The number of nitrogens with zero attached hydrogens (tertiary/aromatic N) is 3. The van der Waals surface area contributed by atoms with Crippen molar-refractivity contribution in [1.82, 2.24) is 15.1 Å². The normalized spacial score (nSPS) is 21.0. The fraction of sp³-hybridized carbons (Fsp3) is 0.565. The zero-order chi connectivity index (χ0) is 23.8. The second-order valence-electron chi connectivity index (χ2n) is 8.64. The largest absolute Gasteiger partial charge is 0.370 e. The highest BCUT2D eigenvalue weighted by Gasteiger charge is 2.42. The number of likely N-dealkylation sites (tertiary alicyclic amines) is 2. The van der Waals surface area contributed by atoms with Gasteiger partial charge in [-0.1, -0.05) is 30.3 Å². The molecule has 1 aromatic rings. The van der Waals surface area contributed by atoms with E-state index in [1.807, 2.05) is 30.3 Å². The van der Waals surface area contributed by atoms with Gasteiger partial charge in [0.25, 0.3) is 0 Å². The van der Waals surface area contributed by atoms with Gasteiger partial charge in [-0.05, 0) is 44.1 Å². The summed E-state index contributed by atoms with van der Waals surface area (Å²) in [5.41, 5.74) is 17.7. The van der Waals surface area contributed by atoms with Crippen molar-refractivity contribution >= 4 is 23.7 Å². The van der Waals surface area contributed by atoms with Gasteiger partial charge in [0.1, 0.15) is 12.1 Å². The molecule has 3 amide bonds. The van der Waals surface area contributed by atoms with Crippen LogP contribution >= 0.6 is 0 Å². The first kappa shape index (κ1) is 24.5. The van der Waals surface area contributed by atoms with E-state index in [0.29, 0.717) is 51.9 Å². The zero-order valence-corrected chi connectivity index (χ0v) is 19.0. The van der Waals surface area contributed by atoms with Crippen LogP contribution in [0.2, 0.25) is 0 Å². The van der Waals surface area contributed by atoms with Crippen LogP contribution in [-0.2, 0) is 20.9 Å². The molecule has 3 atom stereocenters. The van der Waals surface area contributed by atoms with Crippen LogP contribution in [0, 0.1) is 0 Å². The molecule has 33 heavy (non-hydrogen) atoms. The minimum absolute atomic E-state index is 0.00748. The summed E-state index contributed by atoms with van der Waals surface area (Å²) in [6.45, 7) is 1.83. The van der Waals surface area contributed by atoms with Crippen LogP contribution in [0.5, 0.6) is 0 Å². The van der Waals surface area contributed by atoms with Crippen LogP contribution in [0.1, 0.15) is 44.1 Å². The van der Waals surface area contributed by atoms with Crippen molar-refractivity contribution in [1.29, 1.82) is 0 Å². The Balaban J connectivity index is 1.57. The van der Waals surface area contributed by atoms with E-state index in [2.05, 4.69) is 10.3 Å². The number of carbonyl (C=O) groups excluding carboxylic acids is 3. The molecule has 7 N–H and O–H groups in total. The first-order valence-corrected chi connectivity index (χ1v) is 11.6. The predicted molar refractivity (Wildman–Crippen MR) is 126 cm³/mol. The summed E-state index contributed by atoms with van der Waals surface area (Å²) in [6, 6.07) is 7.87. The molecule has 0 spiro atoms. The summed E-state index contributed by atoms with van der Waals surface area (Å²) in [7, 11) is 0. The average Bonchev–Trinajstić information content (AvgIpc) is 3.50. The number of guanidine groups is 1. The molecule has 0 unspecified atom stereocenters. The van der Waals surface area contributed by atoms with E-state index in [4.69, 9.17) is 17.2 Å². The Morgan fingerprint density at radius 2 is 1.70 bits per heavy atom. The van der Waals surface area contributed by atoms with Crippen LogP contribution in [0.4, 0.5) is 0 Å². The molecule has 0 aromatic heterocycles. The molecule has 2 saturated heterocycles. The molecule has 0 saturated carbocycles. The highest BCUT2D eigenvalue weighted by atomic mass is 16.2. The van der Waals surface area contributed by atoms with Crippen LogP contribution in [0.3, 0.4) is 0 Å². The molecule has 0 bridgehead atoms. The molecule has 2 aliphatic rings. The first-order valence-electron chi connectivity index (χ1n) is 11.6. The maximum absolute atomic E-state index is 13.4. The number of hydrogen-bond donors (Lipinski definition) is 4. The Labute approximate surface area is 194 Å². The summed E-state index contributed by atoms with van der Waals surface area (Å²) >= 11 is 0. The number of amides is 3. The molecule has 0 radical (unpaired) electrons. The molecule has 180 valence electrons. The van der Waals surface area contributed by atoms with Gasteiger partial charge in [-0.2, -0.15) is 0 Å². The number of benzene rings is 1. The Hall–Kier alpha value is -3.14. The quantitative estimate of drug-likeness (QED) is 0.225. The maximum Gasteiger partial charge on any atom is 0.246 e. The second-order valence-corrected chi connectivity index (χ2v) is 8.64. The third kappa shape index (κ3) is 6.44. The molecule has 1 aromatic carbocycles. The van der Waals surface area contributed by atoms with Gasteiger partial charge in [0.05, 0.1) is 6.04 Å². The highest BCUT2D eigenvalue weighted by Crippen LogP contribution is 2.25. The minimum atomic E-state index is -0.712. The van der Waals surface area contributed by atoms with E-state index in [1.165, 1.54) is 0 Å². The summed E-state index contributed by atoms with van der Waals surface area (Å²) in [5, 5.41) is 2.94. The van der Waals surface area contributed by atoms with Gasteiger partial charge in [0, 0.05) is 26.2 Å². The Morgan fingerprint density at radius 1 is 1.03 bits per heavy atom. The third-order valence-corrected chi connectivity index (χ3v) is 6.25. The van der Waals surface area contributed by atoms with Crippen LogP contribution < -0.4 is 22.5 Å². The van der Waals surface area contributed by atoms with E-state index in [1.54, 1.807) is 9.80 Å². The van der Waals surface area contributed by atoms with Crippen molar-refractivity contribution in [2.24, 2.45) is 22.2 Å². The van der Waals surface area contributed by atoms with E-state index in [9.17, 15) is 14.4 Å². The Kier molecular flexibility index (Phi) is 8.65. The number of carbonyl (C=O) groups is 3. The molecule has 2 fully saturated rings. The Morgan fingerprint density at radius 3 is 2.39 bits per heavy atom. The third-order valence-electron chi connectivity index (χ3n) is 6.25.